The van der Waals surface area contributed by atoms with Crippen molar-refractivity contribution in [3.63, 3.8) is 0 Å². The molecule has 19 heavy (non-hydrogen) atoms. The van der Waals surface area contributed by atoms with Crippen LogP contribution in [0.25, 0.3) is 0 Å². The Hall–Kier alpha value is -1.72. The van der Waals surface area contributed by atoms with Crippen molar-refractivity contribution in [2.45, 2.75) is 46.6 Å². The Kier molecular flexibility index (Phi) is 6.18. The summed E-state index contributed by atoms with van der Waals surface area (Å²) >= 11 is 0. The van der Waals surface area contributed by atoms with Gasteiger partial charge in [0.15, 0.2) is 0 Å². The van der Waals surface area contributed by atoms with Gasteiger partial charge in [-0.05, 0) is 0 Å². The summed E-state index contributed by atoms with van der Waals surface area (Å²) in [7, 11) is 0. The average molecular weight is 266 g/mol. The van der Waals surface area contributed by atoms with Gasteiger partial charge in [-0.2, -0.15) is 0 Å². The average Bonchev–Trinajstić information content (AvgIpc) is 2.83. The molecule has 6 nitrogen and oxygen atoms in total. The van der Waals surface area contributed by atoms with Crippen LogP contribution in [0.3, 0.4) is 0 Å². The van der Waals surface area contributed by atoms with Crippen molar-refractivity contribution in [2.24, 2.45) is 5.92 Å². The molecule has 0 spiro atoms. The lowest BCUT2D eigenvalue weighted by Crippen LogP contribution is -2.24. The Labute approximate surface area is 113 Å². The van der Waals surface area contributed by atoms with Gasteiger partial charge in [0.25, 0.3) is 0 Å². The fourth-order valence-corrected chi connectivity index (χ4v) is 1.53. The van der Waals surface area contributed by atoms with Crippen LogP contribution in [0.5, 0.6) is 0 Å². The summed E-state index contributed by atoms with van der Waals surface area (Å²) in [4.78, 5) is 22.6. The molecule has 1 amide bonds. The summed E-state index contributed by atoms with van der Waals surface area (Å²) in [5, 5.41) is 10.8. The molecule has 1 aromatic heterocycles. The molecule has 0 fully saturated rings. The van der Waals surface area contributed by atoms with Crippen LogP contribution in [-0.4, -0.2) is 33.2 Å². The maximum atomic E-state index is 11.5. The molecule has 106 valence electrons. The van der Waals surface area contributed by atoms with Crippen LogP contribution in [0.2, 0.25) is 0 Å². The monoisotopic (exact) mass is 266 g/mol. The Morgan fingerprint density at radius 3 is 2.79 bits per heavy atom. The lowest BCUT2D eigenvalue weighted by Gasteiger charge is -2.03. The number of ketones is 1. The van der Waals surface area contributed by atoms with Crippen molar-refractivity contribution in [3.05, 3.63) is 11.9 Å². The third-order valence-corrected chi connectivity index (χ3v) is 2.84. The lowest BCUT2D eigenvalue weighted by molar-refractivity contribution is -0.122. The molecule has 6 heteroatoms. The number of rotatable bonds is 8. The largest absolute Gasteiger partial charge is 0.356 e. The van der Waals surface area contributed by atoms with Gasteiger partial charge in [0.1, 0.15) is 5.78 Å². The minimum atomic E-state index is 0.0370. The number of nitrogens with zero attached hydrogens (tertiary/aromatic N) is 3. The van der Waals surface area contributed by atoms with Gasteiger partial charge >= 0.3 is 0 Å². The zero-order valence-electron chi connectivity index (χ0n) is 11.8. The summed E-state index contributed by atoms with van der Waals surface area (Å²) in [6, 6.07) is 0. The number of carbonyl (C=O) groups is 2. The smallest absolute Gasteiger partial charge is 0.219 e. The van der Waals surface area contributed by atoms with Crippen molar-refractivity contribution >= 4 is 11.7 Å². The molecule has 0 aliphatic carbocycles. The zero-order chi connectivity index (χ0) is 14.3. The number of aryl methyl sites for hydroxylation is 1. The second kappa shape index (κ2) is 7.66. The predicted molar refractivity (Wildman–Crippen MR) is 71.5 cm³/mol. The van der Waals surface area contributed by atoms with E-state index in [-0.39, 0.29) is 17.6 Å². The van der Waals surface area contributed by atoms with Crippen LogP contribution < -0.4 is 5.32 Å². The summed E-state index contributed by atoms with van der Waals surface area (Å²) in [6.07, 6.45) is 3.45. The number of hydrogen-bond donors (Lipinski definition) is 1. The standard InChI is InChI=1S/C13H22N4O2/c1-4-13(19)14-7-5-11-9-17(16-15-11)8-6-12(18)10(2)3/h9-10H,4-8H2,1-3H3,(H,14,19). The van der Waals surface area contributed by atoms with Gasteiger partial charge in [-0.3, -0.25) is 14.3 Å². The third kappa shape index (κ3) is 5.63. The summed E-state index contributed by atoms with van der Waals surface area (Å²) < 4.78 is 1.68. The highest BCUT2D eigenvalue weighted by molar-refractivity contribution is 5.80. The number of nitrogens with one attached hydrogen (secondary N) is 1. The molecular weight excluding hydrogens is 244 g/mol. The first-order valence-corrected chi connectivity index (χ1v) is 6.71. The molecule has 1 N–H and O–H groups in total. The fraction of sp³-hybridized carbons (Fsp3) is 0.692. The van der Waals surface area contributed by atoms with E-state index >= 15 is 0 Å². The molecule has 0 atom stereocenters. The van der Waals surface area contributed by atoms with Crippen molar-refractivity contribution in [3.8, 4) is 0 Å². The number of carbonyl (C=O) groups excluding carboxylic acids is 2. The first-order valence-electron chi connectivity index (χ1n) is 6.71. The van der Waals surface area contributed by atoms with Crippen molar-refractivity contribution < 1.29 is 9.59 Å². The van der Waals surface area contributed by atoms with E-state index in [1.807, 2.05) is 27.0 Å². The number of amides is 1. The topological polar surface area (TPSA) is 76.9 Å². The molecule has 0 saturated carbocycles. The predicted octanol–water partition coefficient (Wildman–Crippen LogP) is 0.962. The Balaban J connectivity index is 2.32. The zero-order valence-corrected chi connectivity index (χ0v) is 11.8. The van der Waals surface area contributed by atoms with Crippen LogP contribution in [-0.2, 0) is 22.6 Å². The van der Waals surface area contributed by atoms with E-state index in [0.29, 0.717) is 32.4 Å². The van der Waals surface area contributed by atoms with Gasteiger partial charge in [0, 0.05) is 44.5 Å². The van der Waals surface area contributed by atoms with Crippen molar-refractivity contribution in [1.82, 2.24) is 20.3 Å². The van der Waals surface area contributed by atoms with Gasteiger partial charge in [-0.25, -0.2) is 0 Å². The SMILES string of the molecule is CCC(=O)NCCc1cn(CCC(=O)C(C)C)nn1. The molecule has 0 aromatic carbocycles. The number of aromatic nitrogens is 3. The number of hydrogen-bond acceptors (Lipinski definition) is 4. The molecule has 0 aliphatic heterocycles. The van der Waals surface area contributed by atoms with E-state index in [1.54, 1.807) is 4.68 Å². The van der Waals surface area contributed by atoms with Crippen molar-refractivity contribution in [1.29, 1.82) is 0 Å². The summed E-state index contributed by atoms with van der Waals surface area (Å²) in [6.45, 7) is 6.73. The minimum Gasteiger partial charge on any atom is -0.356 e. The van der Waals surface area contributed by atoms with Gasteiger partial charge < -0.3 is 5.32 Å². The lowest BCUT2D eigenvalue weighted by atomic mass is 10.1. The van der Waals surface area contributed by atoms with Crippen LogP contribution in [0.15, 0.2) is 6.20 Å². The van der Waals surface area contributed by atoms with Crippen LogP contribution in [0.1, 0.15) is 39.3 Å². The van der Waals surface area contributed by atoms with Gasteiger partial charge in [0.05, 0.1) is 5.69 Å². The van der Waals surface area contributed by atoms with Crippen LogP contribution in [0, 0.1) is 5.92 Å². The Morgan fingerprint density at radius 1 is 1.42 bits per heavy atom. The van der Waals surface area contributed by atoms with E-state index in [0.717, 1.165) is 5.69 Å². The Morgan fingerprint density at radius 2 is 2.16 bits per heavy atom. The first kappa shape index (κ1) is 15.3. The third-order valence-electron chi connectivity index (χ3n) is 2.84. The molecule has 1 aromatic rings. The van der Waals surface area contributed by atoms with Gasteiger partial charge in [0.2, 0.25) is 5.91 Å². The molecule has 0 unspecified atom stereocenters. The number of Topliss-reactive ketones (excluding diaryl/α,β-unsaturated/α-hetero) is 1. The highest BCUT2D eigenvalue weighted by atomic mass is 16.1. The quantitative estimate of drug-likeness (QED) is 0.760. The second-order valence-electron chi connectivity index (χ2n) is 4.80. The molecule has 0 bridgehead atoms. The summed E-state index contributed by atoms with van der Waals surface area (Å²) in [5.74, 6) is 0.328. The molecule has 1 heterocycles. The van der Waals surface area contributed by atoms with Gasteiger partial charge in [-0.15, -0.1) is 5.10 Å². The summed E-state index contributed by atoms with van der Waals surface area (Å²) in [5.41, 5.74) is 0.827. The maximum absolute atomic E-state index is 11.5. The van der Waals surface area contributed by atoms with Crippen LogP contribution >= 0.6 is 0 Å². The minimum absolute atomic E-state index is 0.0370. The molecule has 1 rings (SSSR count). The molecule has 0 radical (unpaired) electrons. The second-order valence-corrected chi connectivity index (χ2v) is 4.80. The Bertz CT molecular complexity index is 426. The highest BCUT2D eigenvalue weighted by Crippen LogP contribution is 2.01. The highest BCUT2D eigenvalue weighted by Gasteiger charge is 2.08. The van der Waals surface area contributed by atoms with E-state index in [1.165, 1.54) is 0 Å². The molecular formula is C13H22N4O2. The molecule has 0 aliphatic rings. The normalized spacial score (nSPS) is 10.7. The van der Waals surface area contributed by atoms with Gasteiger partial charge in [-0.1, -0.05) is 26.0 Å². The van der Waals surface area contributed by atoms with E-state index in [2.05, 4.69) is 15.6 Å². The van der Waals surface area contributed by atoms with E-state index < -0.39 is 0 Å². The van der Waals surface area contributed by atoms with E-state index in [9.17, 15) is 9.59 Å². The maximum Gasteiger partial charge on any atom is 0.219 e. The fourth-order valence-electron chi connectivity index (χ4n) is 1.53. The van der Waals surface area contributed by atoms with Crippen LogP contribution in [0.4, 0.5) is 0 Å². The van der Waals surface area contributed by atoms with E-state index in [4.69, 9.17) is 0 Å². The first-order chi connectivity index (χ1) is 9.02. The van der Waals surface area contributed by atoms with Crippen molar-refractivity contribution in [2.75, 3.05) is 6.54 Å². The molecule has 0 saturated heterocycles.